The van der Waals surface area contributed by atoms with Crippen molar-refractivity contribution in [2.24, 2.45) is 5.92 Å². The minimum atomic E-state index is -0.00710. The Labute approximate surface area is 140 Å². The van der Waals surface area contributed by atoms with Gasteiger partial charge in [-0.1, -0.05) is 23.7 Å². The number of halogens is 1. The number of amides is 1. The number of anilines is 2. The standard InChI is InChI=1S/C17H19ClN4O/c1-12-6-9-19-17(20-12)22-10-7-13(8-11-22)16(23)21-15-5-3-2-4-14(15)18/h2-6,9,13H,7-8,10-11H2,1H3,(H,21,23). The van der Waals surface area contributed by atoms with Crippen molar-refractivity contribution in [2.45, 2.75) is 19.8 Å². The van der Waals surface area contributed by atoms with Crippen LogP contribution in [0.3, 0.4) is 0 Å². The normalized spacial score (nSPS) is 15.5. The molecule has 1 fully saturated rings. The van der Waals surface area contributed by atoms with Crippen molar-refractivity contribution >= 4 is 29.1 Å². The summed E-state index contributed by atoms with van der Waals surface area (Å²) < 4.78 is 0. The van der Waals surface area contributed by atoms with Crippen LogP contribution in [0.5, 0.6) is 0 Å². The zero-order chi connectivity index (χ0) is 16.2. The molecule has 1 amide bonds. The fourth-order valence-corrected chi connectivity index (χ4v) is 2.91. The van der Waals surface area contributed by atoms with Crippen LogP contribution in [-0.4, -0.2) is 29.0 Å². The van der Waals surface area contributed by atoms with E-state index in [1.165, 1.54) is 0 Å². The lowest BCUT2D eigenvalue weighted by molar-refractivity contribution is -0.120. The molecule has 0 radical (unpaired) electrons. The van der Waals surface area contributed by atoms with E-state index in [1.54, 1.807) is 12.3 Å². The third-order valence-corrected chi connectivity index (χ3v) is 4.39. The van der Waals surface area contributed by atoms with Gasteiger partial charge in [0, 0.05) is 30.9 Å². The number of hydrogen-bond donors (Lipinski definition) is 1. The third kappa shape index (κ3) is 3.79. The number of carbonyl (C=O) groups is 1. The number of rotatable bonds is 3. The van der Waals surface area contributed by atoms with Crippen molar-refractivity contribution < 1.29 is 4.79 Å². The summed E-state index contributed by atoms with van der Waals surface area (Å²) in [5, 5.41) is 3.48. The average molecular weight is 331 g/mol. The average Bonchev–Trinajstić information content (AvgIpc) is 2.57. The highest BCUT2D eigenvalue weighted by molar-refractivity contribution is 6.33. The predicted molar refractivity (Wildman–Crippen MR) is 91.8 cm³/mol. The van der Waals surface area contributed by atoms with Gasteiger partial charge in [-0.15, -0.1) is 0 Å². The number of aryl methyl sites for hydroxylation is 1. The maximum atomic E-state index is 12.4. The Bertz CT molecular complexity index is 698. The van der Waals surface area contributed by atoms with Crippen molar-refractivity contribution in [3.05, 3.63) is 47.2 Å². The molecule has 5 nitrogen and oxygen atoms in total. The first-order valence-corrected chi connectivity index (χ1v) is 8.11. The summed E-state index contributed by atoms with van der Waals surface area (Å²) in [6, 6.07) is 9.18. The van der Waals surface area contributed by atoms with Gasteiger partial charge in [-0.25, -0.2) is 9.97 Å². The Kier molecular flexibility index (Phi) is 4.76. The van der Waals surface area contributed by atoms with Crippen LogP contribution < -0.4 is 10.2 Å². The molecule has 6 heteroatoms. The minimum absolute atomic E-state index is 0.00710. The van der Waals surface area contributed by atoms with E-state index in [1.807, 2.05) is 31.2 Å². The Morgan fingerprint density at radius 3 is 2.70 bits per heavy atom. The molecular weight excluding hydrogens is 312 g/mol. The van der Waals surface area contributed by atoms with Gasteiger partial charge in [0.2, 0.25) is 11.9 Å². The van der Waals surface area contributed by atoms with Crippen LogP contribution in [-0.2, 0) is 4.79 Å². The molecular formula is C17H19ClN4O. The Balaban J connectivity index is 1.58. The number of benzene rings is 1. The van der Waals surface area contributed by atoms with Crippen molar-refractivity contribution in [1.82, 2.24) is 9.97 Å². The molecule has 120 valence electrons. The number of piperidine rings is 1. The van der Waals surface area contributed by atoms with Gasteiger partial charge in [-0.3, -0.25) is 4.79 Å². The fraction of sp³-hybridized carbons (Fsp3) is 0.353. The van der Waals surface area contributed by atoms with Gasteiger partial charge in [0.25, 0.3) is 0 Å². The second-order valence-corrected chi connectivity index (χ2v) is 6.14. The topological polar surface area (TPSA) is 58.1 Å². The molecule has 1 aromatic carbocycles. The molecule has 0 atom stereocenters. The molecule has 2 aromatic rings. The zero-order valence-corrected chi connectivity index (χ0v) is 13.8. The van der Waals surface area contributed by atoms with Gasteiger partial charge in [0.05, 0.1) is 10.7 Å². The monoisotopic (exact) mass is 330 g/mol. The van der Waals surface area contributed by atoms with Gasteiger partial charge < -0.3 is 10.2 Å². The van der Waals surface area contributed by atoms with Crippen LogP contribution in [0.1, 0.15) is 18.5 Å². The van der Waals surface area contributed by atoms with E-state index < -0.39 is 0 Å². The van der Waals surface area contributed by atoms with Gasteiger partial charge in [0.1, 0.15) is 0 Å². The maximum absolute atomic E-state index is 12.4. The van der Waals surface area contributed by atoms with E-state index in [0.29, 0.717) is 10.7 Å². The first-order valence-electron chi connectivity index (χ1n) is 7.73. The highest BCUT2D eigenvalue weighted by Gasteiger charge is 2.26. The molecule has 1 aliphatic rings. The predicted octanol–water partition coefficient (Wildman–Crippen LogP) is 3.29. The summed E-state index contributed by atoms with van der Waals surface area (Å²) in [6.45, 7) is 3.52. The quantitative estimate of drug-likeness (QED) is 0.938. The van der Waals surface area contributed by atoms with Crippen LogP contribution in [0.15, 0.2) is 36.5 Å². The largest absolute Gasteiger partial charge is 0.341 e. The molecule has 0 saturated carbocycles. The summed E-state index contributed by atoms with van der Waals surface area (Å²) in [5.74, 6) is 0.769. The Hall–Kier alpha value is -2.14. The molecule has 0 spiro atoms. The van der Waals surface area contributed by atoms with Crippen LogP contribution in [0.25, 0.3) is 0 Å². The van der Waals surface area contributed by atoms with E-state index in [2.05, 4.69) is 20.2 Å². The second-order valence-electron chi connectivity index (χ2n) is 5.73. The van der Waals surface area contributed by atoms with E-state index in [-0.39, 0.29) is 11.8 Å². The van der Waals surface area contributed by atoms with Gasteiger partial charge >= 0.3 is 0 Å². The van der Waals surface area contributed by atoms with E-state index in [4.69, 9.17) is 11.6 Å². The second kappa shape index (κ2) is 6.96. The first kappa shape index (κ1) is 15.7. The summed E-state index contributed by atoms with van der Waals surface area (Å²) in [4.78, 5) is 23.3. The van der Waals surface area contributed by atoms with Crippen molar-refractivity contribution in [3.8, 4) is 0 Å². The third-order valence-electron chi connectivity index (χ3n) is 4.06. The molecule has 1 aromatic heterocycles. The number of hydrogen-bond acceptors (Lipinski definition) is 4. The number of carbonyl (C=O) groups excluding carboxylic acids is 1. The molecule has 1 N–H and O–H groups in total. The summed E-state index contributed by atoms with van der Waals surface area (Å²) in [7, 11) is 0. The highest BCUT2D eigenvalue weighted by atomic mass is 35.5. The molecule has 1 aliphatic heterocycles. The Morgan fingerprint density at radius 1 is 1.26 bits per heavy atom. The summed E-state index contributed by atoms with van der Waals surface area (Å²) >= 11 is 6.09. The lowest BCUT2D eigenvalue weighted by Crippen LogP contribution is -2.39. The molecule has 2 heterocycles. The first-order chi connectivity index (χ1) is 11.1. The maximum Gasteiger partial charge on any atom is 0.227 e. The molecule has 23 heavy (non-hydrogen) atoms. The minimum Gasteiger partial charge on any atom is -0.341 e. The molecule has 0 unspecified atom stereocenters. The number of aromatic nitrogens is 2. The summed E-state index contributed by atoms with van der Waals surface area (Å²) in [6.07, 6.45) is 3.34. The summed E-state index contributed by atoms with van der Waals surface area (Å²) in [5.41, 5.74) is 1.62. The Morgan fingerprint density at radius 2 is 2.00 bits per heavy atom. The van der Waals surface area contributed by atoms with E-state index in [9.17, 15) is 4.79 Å². The zero-order valence-electron chi connectivity index (χ0n) is 13.0. The molecule has 0 bridgehead atoms. The van der Waals surface area contributed by atoms with Crippen LogP contribution in [0, 0.1) is 12.8 Å². The molecule has 0 aliphatic carbocycles. The smallest absolute Gasteiger partial charge is 0.227 e. The van der Waals surface area contributed by atoms with E-state index >= 15 is 0 Å². The van der Waals surface area contributed by atoms with Gasteiger partial charge in [-0.05, 0) is 38.0 Å². The van der Waals surface area contributed by atoms with Crippen molar-refractivity contribution in [2.75, 3.05) is 23.3 Å². The molecule has 1 saturated heterocycles. The number of para-hydroxylation sites is 1. The van der Waals surface area contributed by atoms with Crippen LogP contribution in [0.2, 0.25) is 5.02 Å². The fourth-order valence-electron chi connectivity index (χ4n) is 2.73. The highest BCUT2D eigenvalue weighted by Crippen LogP contribution is 2.25. The number of nitrogens with one attached hydrogen (secondary N) is 1. The molecule has 3 rings (SSSR count). The van der Waals surface area contributed by atoms with Gasteiger partial charge in [0.15, 0.2) is 0 Å². The van der Waals surface area contributed by atoms with Crippen LogP contribution in [0.4, 0.5) is 11.6 Å². The SMILES string of the molecule is Cc1ccnc(N2CCC(C(=O)Nc3ccccc3Cl)CC2)n1. The van der Waals surface area contributed by atoms with E-state index in [0.717, 1.165) is 37.6 Å². The van der Waals surface area contributed by atoms with Gasteiger partial charge in [-0.2, -0.15) is 0 Å². The van der Waals surface area contributed by atoms with Crippen LogP contribution >= 0.6 is 11.6 Å². The lowest BCUT2D eigenvalue weighted by atomic mass is 9.96. The van der Waals surface area contributed by atoms with Crippen molar-refractivity contribution in [3.63, 3.8) is 0 Å². The van der Waals surface area contributed by atoms with Crippen molar-refractivity contribution in [1.29, 1.82) is 0 Å². The number of nitrogens with zero attached hydrogens (tertiary/aromatic N) is 3. The lowest BCUT2D eigenvalue weighted by Gasteiger charge is -2.31.